The zero-order valence-electron chi connectivity index (χ0n) is 16.5. The number of nitrogens with zero attached hydrogens (tertiary/aromatic N) is 1. The van der Waals surface area contributed by atoms with Gasteiger partial charge in [0.1, 0.15) is 24.7 Å². The van der Waals surface area contributed by atoms with Crippen LogP contribution in [0.1, 0.15) is 30.6 Å². The van der Waals surface area contributed by atoms with Crippen LogP contribution in [0.3, 0.4) is 0 Å². The molecule has 1 atom stereocenters. The van der Waals surface area contributed by atoms with Crippen LogP contribution in [0, 0.1) is 5.41 Å². The third-order valence-electron chi connectivity index (χ3n) is 5.07. The maximum Gasteiger partial charge on any atom is 0.257 e. The quantitative estimate of drug-likeness (QED) is 0.744. The summed E-state index contributed by atoms with van der Waals surface area (Å²) in [5, 5.41) is 0. The number of carbonyl (C=O) groups is 1. The van der Waals surface area contributed by atoms with E-state index in [9.17, 15) is 4.79 Å². The lowest BCUT2D eigenvalue weighted by Crippen LogP contribution is -2.54. The van der Waals surface area contributed by atoms with Crippen LogP contribution in [-0.4, -0.2) is 43.2 Å². The van der Waals surface area contributed by atoms with Crippen molar-refractivity contribution in [2.75, 3.05) is 26.3 Å². The van der Waals surface area contributed by atoms with Gasteiger partial charge in [-0.3, -0.25) is 4.79 Å². The van der Waals surface area contributed by atoms with E-state index in [0.717, 1.165) is 12.2 Å². The number of rotatable bonds is 6. The predicted molar refractivity (Wildman–Crippen MR) is 113 cm³/mol. The van der Waals surface area contributed by atoms with E-state index < -0.39 is 0 Å². The SMILES string of the molecule is CC1(C)CN(C(=O)c2ccccc2OCCOc2ccccc2)CCC1N.Cl. The Bertz CT molecular complexity index is 767. The van der Waals surface area contributed by atoms with Gasteiger partial charge in [0.05, 0.1) is 5.56 Å². The number of halogens is 1. The molecule has 0 saturated carbocycles. The van der Waals surface area contributed by atoms with Crippen LogP contribution >= 0.6 is 12.4 Å². The molecule has 0 radical (unpaired) electrons. The molecule has 152 valence electrons. The number of hydrogen-bond donors (Lipinski definition) is 1. The molecule has 1 unspecified atom stereocenters. The van der Waals surface area contributed by atoms with Crippen LogP contribution in [0.25, 0.3) is 0 Å². The Morgan fingerprint density at radius 1 is 1.07 bits per heavy atom. The molecule has 28 heavy (non-hydrogen) atoms. The van der Waals surface area contributed by atoms with E-state index in [1.807, 2.05) is 59.5 Å². The summed E-state index contributed by atoms with van der Waals surface area (Å²) >= 11 is 0. The Labute approximate surface area is 173 Å². The molecular formula is C22H29ClN2O3. The maximum atomic E-state index is 13.0. The number of benzene rings is 2. The van der Waals surface area contributed by atoms with E-state index >= 15 is 0 Å². The van der Waals surface area contributed by atoms with Gasteiger partial charge >= 0.3 is 0 Å². The summed E-state index contributed by atoms with van der Waals surface area (Å²) in [5.41, 5.74) is 6.69. The summed E-state index contributed by atoms with van der Waals surface area (Å²) in [6, 6.07) is 17.1. The minimum atomic E-state index is -0.0900. The molecule has 2 N–H and O–H groups in total. The molecule has 1 aliphatic heterocycles. The van der Waals surface area contributed by atoms with Crippen LogP contribution in [0.15, 0.2) is 54.6 Å². The standard InChI is InChI=1S/C22H28N2O3.ClH/c1-22(2)16-24(13-12-20(22)23)21(25)18-10-6-7-11-19(18)27-15-14-26-17-8-4-3-5-9-17;/h3-11,20H,12-16,23H2,1-2H3;1H. The number of ether oxygens (including phenoxy) is 2. The first-order valence-corrected chi connectivity index (χ1v) is 9.42. The van der Waals surface area contributed by atoms with Gasteiger partial charge in [0.2, 0.25) is 0 Å². The maximum absolute atomic E-state index is 13.0. The fraction of sp³-hybridized carbons (Fsp3) is 0.409. The molecule has 1 aliphatic rings. The van der Waals surface area contributed by atoms with Crippen molar-refractivity contribution < 1.29 is 14.3 Å². The average molecular weight is 405 g/mol. The summed E-state index contributed by atoms with van der Waals surface area (Å²) in [6.07, 6.45) is 0.812. The van der Waals surface area contributed by atoms with Crippen LogP contribution in [-0.2, 0) is 0 Å². The summed E-state index contributed by atoms with van der Waals surface area (Å²) in [5.74, 6) is 1.39. The van der Waals surface area contributed by atoms with Gasteiger partial charge in [-0.15, -0.1) is 12.4 Å². The minimum Gasteiger partial charge on any atom is -0.490 e. The third-order valence-corrected chi connectivity index (χ3v) is 5.07. The Morgan fingerprint density at radius 2 is 1.71 bits per heavy atom. The van der Waals surface area contributed by atoms with Crippen molar-refractivity contribution in [3.63, 3.8) is 0 Å². The fourth-order valence-electron chi connectivity index (χ4n) is 3.31. The number of piperidine rings is 1. The summed E-state index contributed by atoms with van der Waals surface area (Å²) in [6.45, 7) is 6.34. The van der Waals surface area contributed by atoms with E-state index in [1.165, 1.54) is 0 Å². The minimum absolute atomic E-state index is 0. The van der Waals surface area contributed by atoms with Gasteiger partial charge in [0, 0.05) is 19.1 Å². The summed E-state index contributed by atoms with van der Waals surface area (Å²) in [7, 11) is 0. The largest absolute Gasteiger partial charge is 0.490 e. The predicted octanol–water partition coefficient (Wildman–Crippen LogP) is 3.77. The summed E-state index contributed by atoms with van der Waals surface area (Å²) in [4.78, 5) is 14.9. The molecule has 0 aliphatic carbocycles. The van der Waals surface area contributed by atoms with Gasteiger partial charge in [0.15, 0.2) is 0 Å². The number of hydrogen-bond acceptors (Lipinski definition) is 4. The van der Waals surface area contributed by atoms with Crippen molar-refractivity contribution in [1.82, 2.24) is 4.90 Å². The molecule has 5 nitrogen and oxygen atoms in total. The van der Waals surface area contributed by atoms with Crippen molar-refractivity contribution >= 4 is 18.3 Å². The molecule has 3 rings (SSSR count). The highest BCUT2D eigenvalue weighted by Gasteiger charge is 2.36. The lowest BCUT2D eigenvalue weighted by atomic mass is 9.79. The molecule has 1 amide bonds. The van der Waals surface area contributed by atoms with Crippen LogP contribution in [0.5, 0.6) is 11.5 Å². The molecule has 1 saturated heterocycles. The molecule has 2 aromatic rings. The van der Waals surface area contributed by atoms with Crippen molar-refractivity contribution in [3.05, 3.63) is 60.2 Å². The molecular weight excluding hydrogens is 376 g/mol. The third kappa shape index (κ3) is 5.40. The zero-order chi connectivity index (χ0) is 19.3. The molecule has 0 aromatic heterocycles. The highest BCUT2D eigenvalue weighted by molar-refractivity contribution is 5.97. The first-order valence-electron chi connectivity index (χ1n) is 9.42. The lowest BCUT2D eigenvalue weighted by molar-refractivity contribution is 0.0528. The second kappa shape index (κ2) is 9.80. The van der Waals surface area contributed by atoms with Crippen molar-refractivity contribution in [3.8, 4) is 11.5 Å². The summed E-state index contributed by atoms with van der Waals surface area (Å²) < 4.78 is 11.5. The smallest absolute Gasteiger partial charge is 0.257 e. The zero-order valence-corrected chi connectivity index (χ0v) is 17.3. The van der Waals surface area contributed by atoms with Gasteiger partial charge in [-0.2, -0.15) is 0 Å². The van der Waals surface area contributed by atoms with Crippen molar-refractivity contribution in [2.24, 2.45) is 11.1 Å². The number of likely N-dealkylation sites (tertiary alicyclic amines) is 1. The number of carbonyl (C=O) groups excluding carboxylic acids is 1. The fourth-order valence-corrected chi connectivity index (χ4v) is 3.31. The first-order chi connectivity index (χ1) is 13.0. The van der Waals surface area contributed by atoms with Gasteiger partial charge in [0.25, 0.3) is 5.91 Å². The van der Waals surface area contributed by atoms with E-state index in [-0.39, 0.29) is 29.8 Å². The lowest BCUT2D eigenvalue weighted by Gasteiger charge is -2.42. The molecule has 0 bridgehead atoms. The van der Waals surface area contributed by atoms with Crippen LogP contribution in [0.4, 0.5) is 0 Å². The van der Waals surface area contributed by atoms with E-state index in [4.69, 9.17) is 15.2 Å². The molecule has 1 heterocycles. The Morgan fingerprint density at radius 3 is 2.43 bits per heavy atom. The number of nitrogens with two attached hydrogens (primary N) is 1. The highest BCUT2D eigenvalue weighted by Crippen LogP contribution is 2.30. The Kier molecular flexibility index (Phi) is 7.72. The van der Waals surface area contributed by atoms with Gasteiger partial charge in [-0.05, 0) is 36.1 Å². The van der Waals surface area contributed by atoms with Gasteiger partial charge in [-0.25, -0.2) is 0 Å². The first kappa shape index (κ1) is 22.1. The van der Waals surface area contributed by atoms with Gasteiger partial charge < -0.3 is 20.1 Å². The van der Waals surface area contributed by atoms with Gasteiger partial charge in [-0.1, -0.05) is 44.2 Å². The van der Waals surface area contributed by atoms with Crippen LogP contribution < -0.4 is 15.2 Å². The Balaban J connectivity index is 0.00000280. The van der Waals surface area contributed by atoms with E-state index in [0.29, 0.717) is 37.6 Å². The molecule has 1 fully saturated rings. The van der Waals surface area contributed by atoms with Crippen molar-refractivity contribution in [1.29, 1.82) is 0 Å². The van der Waals surface area contributed by atoms with E-state index in [2.05, 4.69) is 13.8 Å². The second-order valence-electron chi connectivity index (χ2n) is 7.62. The van der Waals surface area contributed by atoms with Crippen molar-refractivity contribution in [2.45, 2.75) is 26.3 Å². The monoisotopic (exact) mass is 404 g/mol. The topological polar surface area (TPSA) is 64.8 Å². The second-order valence-corrected chi connectivity index (χ2v) is 7.62. The van der Waals surface area contributed by atoms with Crippen LogP contribution in [0.2, 0.25) is 0 Å². The molecule has 2 aromatic carbocycles. The molecule has 0 spiro atoms. The normalized spacial score (nSPS) is 18.1. The highest BCUT2D eigenvalue weighted by atomic mass is 35.5. The Hall–Kier alpha value is -2.24. The molecule has 6 heteroatoms. The number of para-hydroxylation sites is 2. The van der Waals surface area contributed by atoms with E-state index in [1.54, 1.807) is 0 Å². The average Bonchev–Trinajstić information content (AvgIpc) is 2.68. The number of amides is 1.